The average molecular weight is 280 g/mol. The van der Waals surface area contributed by atoms with Crippen LogP contribution in [0.1, 0.15) is 51.4 Å². The van der Waals surface area contributed by atoms with Crippen molar-refractivity contribution >= 4 is 0 Å². The maximum absolute atomic E-state index is 5.62. The monoisotopic (exact) mass is 280 g/mol. The highest BCUT2D eigenvalue weighted by atomic mass is 16.5. The molecule has 1 saturated carbocycles. The third kappa shape index (κ3) is 3.20. The highest BCUT2D eigenvalue weighted by Gasteiger charge is 2.39. The molecule has 0 unspecified atom stereocenters. The molecular formula is C17H32N2O. The molecule has 2 heterocycles. The zero-order chi connectivity index (χ0) is 13.8. The van der Waals surface area contributed by atoms with E-state index >= 15 is 0 Å². The van der Waals surface area contributed by atoms with Crippen LogP contribution in [0.4, 0.5) is 0 Å². The molecule has 3 aliphatic rings. The van der Waals surface area contributed by atoms with E-state index in [4.69, 9.17) is 4.74 Å². The van der Waals surface area contributed by atoms with E-state index in [2.05, 4.69) is 17.3 Å². The molecule has 0 aromatic carbocycles. The first-order chi connectivity index (χ1) is 9.83. The first-order valence-electron chi connectivity index (χ1n) is 8.79. The molecule has 2 aliphatic heterocycles. The van der Waals surface area contributed by atoms with E-state index in [1.54, 1.807) is 0 Å². The highest BCUT2D eigenvalue weighted by Crippen LogP contribution is 2.39. The SMILES string of the molecule is CNCC1(CN2CCC[C@H]3CCCC[C@H]32)CCOCC1. The predicted molar refractivity (Wildman–Crippen MR) is 83.0 cm³/mol. The fourth-order valence-electron chi connectivity index (χ4n) is 4.93. The Kier molecular flexibility index (Phi) is 5.00. The number of hydrogen-bond donors (Lipinski definition) is 1. The lowest BCUT2D eigenvalue weighted by molar-refractivity contribution is -0.0319. The van der Waals surface area contributed by atoms with Gasteiger partial charge in [0, 0.05) is 32.3 Å². The summed E-state index contributed by atoms with van der Waals surface area (Å²) in [5.74, 6) is 1.00. The van der Waals surface area contributed by atoms with Crippen LogP contribution in [0, 0.1) is 11.3 Å². The first kappa shape index (κ1) is 14.8. The third-order valence-electron chi connectivity index (χ3n) is 6.00. The number of hydrogen-bond acceptors (Lipinski definition) is 3. The van der Waals surface area contributed by atoms with E-state index in [0.29, 0.717) is 5.41 Å². The zero-order valence-electron chi connectivity index (χ0n) is 13.2. The molecule has 1 N–H and O–H groups in total. The molecule has 0 aromatic rings. The number of nitrogens with zero attached hydrogens (tertiary/aromatic N) is 1. The van der Waals surface area contributed by atoms with Gasteiger partial charge in [-0.3, -0.25) is 4.90 Å². The number of rotatable bonds is 4. The molecule has 0 radical (unpaired) electrons. The summed E-state index contributed by atoms with van der Waals surface area (Å²) in [7, 11) is 2.11. The maximum atomic E-state index is 5.62. The molecule has 20 heavy (non-hydrogen) atoms. The number of likely N-dealkylation sites (tertiary alicyclic amines) is 1. The lowest BCUT2D eigenvalue weighted by Crippen LogP contribution is -2.54. The normalized spacial score (nSPS) is 34.6. The predicted octanol–water partition coefficient (Wildman–Crippen LogP) is 2.66. The highest BCUT2D eigenvalue weighted by molar-refractivity contribution is 4.93. The fraction of sp³-hybridized carbons (Fsp3) is 1.00. The van der Waals surface area contributed by atoms with Crippen molar-refractivity contribution in [1.29, 1.82) is 0 Å². The standard InChI is InChI=1S/C17H32N2O/c1-18-13-17(8-11-20-12-9-17)14-19-10-4-6-15-5-2-3-7-16(15)19/h15-16,18H,2-14H2,1H3/t15-,16-/m1/s1. The van der Waals surface area contributed by atoms with E-state index in [1.807, 2.05) is 0 Å². The van der Waals surface area contributed by atoms with Gasteiger partial charge in [-0.15, -0.1) is 0 Å². The number of ether oxygens (including phenoxy) is 1. The summed E-state index contributed by atoms with van der Waals surface area (Å²) in [6, 6.07) is 0.897. The second-order valence-corrected chi connectivity index (χ2v) is 7.37. The molecule has 3 nitrogen and oxygen atoms in total. The van der Waals surface area contributed by atoms with Gasteiger partial charge in [0.25, 0.3) is 0 Å². The van der Waals surface area contributed by atoms with Crippen LogP contribution in [0.25, 0.3) is 0 Å². The Morgan fingerprint density at radius 3 is 2.65 bits per heavy atom. The second kappa shape index (κ2) is 6.76. The zero-order valence-corrected chi connectivity index (χ0v) is 13.2. The van der Waals surface area contributed by atoms with Crippen LogP contribution in [-0.4, -0.2) is 50.8 Å². The van der Waals surface area contributed by atoms with Crippen molar-refractivity contribution in [3.05, 3.63) is 0 Å². The summed E-state index contributed by atoms with van der Waals surface area (Å²) < 4.78 is 5.62. The molecule has 2 atom stereocenters. The molecule has 3 fully saturated rings. The van der Waals surface area contributed by atoms with Gasteiger partial charge < -0.3 is 10.1 Å². The molecule has 0 amide bonds. The average Bonchev–Trinajstić information content (AvgIpc) is 2.49. The van der Waals surface area contributed by atoms with Gasteiger partial charge >= 0.3 is 0 Å². The summed E-state index contributed by atoms with van der Waals surface area (Å²) in [6.07, 6.45) is 11.3. The van der Waals surface area contributed by atoms with Gasteiger partial charge in [-0.25, -0.2) is 0 Å². The summed E-state index contributed by atoms with van der Waals surface area (Å²) in [5.41, 5.74) is 0.465. The van der Waals surface area contributed by atoms with Gasteiger partial charge in [0.2, 0.25) is 0 Å². The van der Waals surface area contributed by atoms with Crippen LogP contribution in [0.5, 0.6) is 0 Å². The van der Waals surface area contributed by atoms with E-state index in [-0.39, 0.29) is 0 Å². The van der Waals surface area contributed by atoms with Gasteiger partial charge in [-0.2, -0.15) is 0 Å². The lowest BCUT2D eigenvalue weighted by atomic mass is 9.75. The minimum absolute atomic E-state index is 0.465. The summed E-state index contributed by atoms with van der Waals surface area (Å²) in [6.45, 7) is 5.73. The minimum Gasteiger partial charge on any atom is -0.381 e. The van der Waals surface area contributed by atoms with Crippen molar-refractivity contribution in [3.8, 4) is 0 Å². The molecule has 3 rings (SSSR count). The Balaban J connectivity index is 1.66. The maximum Gasteiger partial charge on any atom is 0.0472 e. The smallest absolute Gasteiger partial charge is 0.0472 e. The summed E-state index contributed by atoms with van der Waals surface area (Å²) in [5, 5.41) is 3.46. The molecule has 0 aromatic heterocycles. The number of fused-ring (bicyclic) bond motifs is 1. The van der Waals surface area contributed by atoms with Crippen molar-refractivity contribution in [2.24, 2.45) is 11.3 Å². The molecule has 116 valence electrons. The van der Waals surface area contributed by atoms with Gasteiger partial charge in [-0.1, -0.05) is 12.8 Å². The Labute approximate surface area is 124 Å². The quantitative estimate of drug-likeness (QED) is 0.857. The van der Waals surface area contributed by atoms with Crippen LogP contribution in [0.2, 0.25) is 0 Å². The first-order valence-corrected chi connectivity index (χ1v) is 8.79. The lowest BCUT2D eigenvalue weighted by Gasteiger charge is -2.49. The van der Waals surface area contributed by atoms with E-state index in [9.17, 15) is 0 Å². The molecule has 3 heteroatoms. The van der Waals surface area contributed by atoms with Gasteiger partial charge in [-0.05, 0) is 63.5 Å². The van der Waals surface area contributed by atoms with Crippen molar-refractivity contribution in [2.75, 3.05) is 39.9 Å². The van der Waals surface area contributed by atoms with Crippen molar-refractivity contribution in [3.63, 3.8) is 0 Å². The van der Waals surface area contributed by atoms with Gasteiger partial charge in [0.15, 0.2) is 0 Å². The van der Waals surface area contributed by atoms with Crippen LogP contribution in [0.15, 0.2) is 0 Å². The van der Waals surface area contributed by atoms with E-state index < -0.39 is 0 Å². The largest absolute Gasteiger partial charge is 0.381 e. The van der Waals surface area contributed by atoms with Crippen molar-refractivity contribution in [1.82, 2.24) is 10.2 Å². The van der Waals surface area contributed by atoms with Crippen LogP contribution >= 0.6 is 0 Å². The Hall–Kier alpha value is -0.120. The van der Waals surface area contributed by atoms with Gasteiger partial charge in [0.1, 0.15) is 0 Å². The summed E-state index contributed by atoms with van der Waals surface area (Å²) in [4.78, 5) is 2.87. The Morgan fingerprint density at radius 2 is 1.85 bits per heavy atom. The summed E-state index contributed by atoms with van der Waals surface area (Å²) >= 11 is 0. The third-order valence-corrected chi connectivity index (χ3v) is 6.00. The number of nitrogens with one attached hydrogen (secondary N) is 1. The van der Waals surface area contributed by atoms with Crippen LogP contribution in [-0.2, 0) is 4.74 Å². The van der Waals surface area contributed by atoms with Crippen LogP contribution < -0.4 is 5.32 Å². The van der Waals surface area contributed by atoms with Crippen molar-refractivity contribution < 1.29 is 4.74 Å². The molecule has 2 saturated heterocycles. The topological polar surface area (TPSA) is 24.5 Å². The Bertz CT molecular complexity index is 294. The molecule has 0 spiro atoms. The molecule has 0 bridgehead atoms. The van der Waals surface area contributed by atoms with Gasteiger partial charge in [0.05, 0.1) is 0 Å². The van der Waals surface area contributed by atoms with Crippen molar-refractivity contribution in [2.45, 2.75) is 57.4 Å². The molecular weight excluding hydrogens is 248 g/mol. The molecule has 1 aliphatic carbocycles. The number of piperidine rings is 1. The fourth-order valence-corrected chi connectivity index (χ4v) is 4.93. The minimum atomic E-state index is 0.465. The second-order valence-electron chi connectivity index (χ2n) is 7.37. The Morgan fingerprint density at radius 1 is 1.10 bits per heavy atom. The van der Waals surface area contributed by atoms with Crippen LogP contribution in [0.3, 0.4) is 0 Å². The van der Waals surface area contributed by atoms with E-state index in [0.717, 1.165) is 31.7 Å². The van der Waals surface area contributed by atoms with E-state index in [1.165, 1.54) is 64.5 Å².